The average molecular weight is 301 g/mol. The zero-order valence-corrected chi connectivity index (χ0v) is 11.9. The first-order valence-corrected chi connectivity index (χ1v) is 6.37. The molecule has 0 radical (unpaired) electrons. The van der Waals surface area contributed by atoms with Crippen LogP contribution < -0.4 is 10.2 Å². The standard InChI is InChI=1S/C11H17BrN4O/c1-4-9-14-8(12)6-10(15-9)16(3)7-11(17)13-5-2/h6H,4-5,7H2,1-3H3,(H,13,17). The number of rotatable bonds is 5. The van der Waals surface area contributed by atoms with E-state index in [1.807, 2.05) is 20.9 Å². The van der Waals surface area contributed by atoms with Crippen molar-refractivity contribution < 1.29 is 4.79 Å². The van der Waals surface area contributed by atoms with Crippen molar-refractivity contribution in [3.63, 3.8) is 0 Å². The molecule has 0 aromatic carbocycles. The molecule has 0 saturated carbocycles. The normalized spacial score (nSPS) is 10.1. The summed E-state index contributed by atoms with van der Waals surface area (Å²) in [6.07, 6.45) is 0.765. The molecule has 0 aliphatic carbocycles. The lowest BCUT2D eigenvalue weighted by Gasteiger charge is -2.18. The van der Waals surface area contributed by atoms with Crippen LogP contribution in [0.25, 0.3) is 0 Å². The maximum atomic E-state index is 11.5. The molecule has 0 aliphatic heterocycles. The zero-order valence-electron chi connectivity index (χ0n) is 10.3. The van der Waals surface area contributed by atoms with Crippen molar-refractivity contribution in [1.29, 1.82) is 0 Å². The molecule has 94 valence electrons. The van der Waals surface area contributed by atoms with Crippen LogP contribution in [0.1, 0.15) is 19.7 Å². The number of nitrogens with zero attached hydrogens (tertiary/aromatic N) is 3. The van der Waals surface area contributed by atoms with Crippen LogP contribution in [0.3, 0.4) is 0 Å². The van der Waals surface area contributed by atoms with Crippen LogP contribution in [0, 0.1) is 0 Å². The Morgan fingerprint density at radius 1 is 1.47 bits per heavy atom. The Kier molecular flexibility index (Phi) is 5.34. The number of aromatic nitrogens is 2. The van der Waals surface area contributed by atoms with E-state index in [2.05, 4.69) is 31.2 Å². The molecule has 1 N–H and O–H groups in total. The van der Waals surface area contributed by atoms with E-state index < -0.39 is 0 Å². The highest BCUT2D eigenvalue weighted by Crippen LogP contribution is 2.15. The predicted molar refractivity (Wildman–Crippen MR) is 71.1 cm³/mol. The highest BCUT2D eigenvalue weighted by atomic mass is 79.9. The Hall–Kier alpha value is -1.17. The molecule has 0 atom stereocenters. The summed E-state index contributed by atoms with van der Waals surface area (Å²) in [5.74, 6) is 1.50. The quantitative estimate of drug-likeness (QED) is 0.835. The van der Waals surface area contributed by atoms with Crippen LogP contribution >= 0.6 is 15.9 Å². The van der Waals surface area contributed by atoms with Gasteiger partial charge in [0.15, 0.2) is 0 Å². The number of nitrogens with one attached hydrogen (secondary N) is 1. The molecule has 0 saturated heterocycles. The first-order chi connectivity index (χ1) is 8.06. The monoisotopic (exact) mass is 300 g/mol. The third-order valence-electron chi connectivity index (χ3n) is 2.19. The Labute approximate surface area is 110 Å². The van der Waals surface area contributed by atoms with E-state index in [-0.39, 0.29) is 5.91 Å². The fourth-order valence-corrected chi connectivity index (χ4v) is 1.76. The first-order valence-electron chi connectivity index (χ1n) is 5.58. The van der Waals surface area contributed by atoms with Crippen molar-refractivity contribution in [3.8, 4) is 0 Å². The van der Waals surface area contributed by atoms with Gasteiger partial charge < -0.3 is 10.2 Å². The van der Waals surface area contributed by atoms with Crippen LogP contribution in [0.15, 0.2) is 10.7 Å². The van der Waals surface area contributed by atoms with Crippen molar-refractivity contribution in [1.82, 2.24) is 15.3 Å². The second kappa shape index (κ2) is 6.54. The van der Waals surface area contributed by atoms with Crippen molar-refractivity contribution in [3.05, 3.63) is 16.5 Å². The van der Waals surface area contributed by atoms with Gasteiger partial charge in [0.1, 0.15) is 16.2 Å². The van der Waals surface area contributed by atoms with Gasteiger partial charge in [-0.3, -0.25) is 4.79 Å². The minimum absolute atomic E-state index is 0.0113. The lowest BCUT2D eigenvalue weighted by atomic mass is 10.4. The van der Waals surface area contributed by atoms with Crippen molar-refractivity contribution in [2.75, 3.05) is 25.0 Å². The summed E-state index contributed by atoms with van der Waals surface area (Å²) in [4.78, 5) is 21.9. The van der Waals surface area contributed by atoms with Gasteiger partial charge in [0.25, 0.3) is 0 Å². The van der Waals surface area contributed by atoms with Crippen LogP contribution in [0.2, 0.25) is 0 Å². The van der Waals surface area contributed by atoms with E-state index in [9.17, 15) is 4.79 Å². The first kappa shape index (κ1) is 13.9. The zero-order chi connectivity index (χ0) is 12.8. The van der Waals surface area contributed by atoms with Gasteiger partial charge in [-0.25, -0.2) is 9.97 Å². The highest BCUT2D eigenvalue weighted by molar-refractivity contribution is 9.10. The molecule has 1 aromatic heterocycles. The van der Waals surface area contributed by atoms with E-state index in [0.717, 1.165) is 22.7 Å². The van der Waals surface area contributed by atoms with Gasteiger partial charge in [-0.2, -0.15) is 0 Å². The van der Waals surface area contributed by atoms with Gasteiger partial charge in [0.05, 0.1) is 6.54 Å². The van der Waals surface area contributed by atoms with Crippen molar-refractivity contribution >= 4 is 27.7 Å². The second-order valence-electron chi connectivity index (χ2n) is 3.63. The number of halogens is 1. The Balaban J connectivity index is 2.77. The summed E-state index contributed by atoms with van der Waals surface area (Å²) in [7, 11) is 1.84. The molecule has 1 heterocycles. The van der Waals surface area contributed by atoms with Gasteiger partial charge in [0.2, 0.25) is 5.91 Å². The van der Waals surface area contributed by atoms with E-state index in [1.165, 1.54) is 0 Å². The molecule has 0 bridgehead atoms. The van der Waals surface area contributed by atoms with E-state index in [4.69, 9.17) is 0 Å². The van der Waals surface area contributed by atoms with E-state index in [1.54, 1.807) is 11.0 Å². The molecule has 6 heteroatoms. The molecule has 1 amide bonds. The number of likely N-dealkylation sites (N-methyl/N-ethyl adjacent to an activating group) is 2. The van der Waals surface area contributed by atoms with E-state index >= 15 is 0 Å². The third-order valence-corrected chi connectivity index (χ3v) is 2.60. The molecule has 0 spiro atoms. The Bertz CT molecular complexity index is 397. The summed E-state index contributed by atoms with van der Waals surface area (Å²) in [6.45, 7) is 4.82. The maximum Gasteiger partial charge on any atom is 0.239 e. The molecule has 1 rings (SSSR count). The lowest BCUT2D eigenvalue weighted by molar-refractivity contribution is -0.119. The molecular weight excluding hydrogens is 284 g/mol. The topological polar surface area (TPSA) is 58.1 Å². The number of hydrogen-bond donors (Lipinski definition) is 1. The summed E-state index contributed by atoms with van der Waals surface area (Å²) < 4.78 is 0.738. The van der Waals surface area contributed by atoms with Crippen LogP contribution in [-0.2, 0) is 11.2 Å². The fourth-order valence-electron chi connectivity index (χ4n) is 1.35. The lowest BCUT2D eigenvalue weighted by Crippen LogP contribution is -2.35. The predicted octanol–water partition coefficient (Wildman–Crippen LogP) is 1.37. The molecule has 5 nitrogen and oxygen atoms in total. The number of amides is 1. The maximum absolute atomic E-state index is 11.5. The molecule has 1 aromatic rings. The SMILES string of the molecule is CCNC(=O)CN(C)c1cc(Br)nc(CC)n1. The average Bonchev–Trinajstić information content (AvgIpc) is 2.28. The number of aryl methyl sites for hydroxylation is 1. The number of anilines is 1. The van der Waals surface area contributed by atoms with Crippen molar-refractivity contribution in [2.45, 2.75) is 20.3 Å². The van der Waals surface area contributed by atoms with Crippen LogP contribution in [0.4, 0.5) is 5.82 Å². The number of carbonyl (C=O) groups is 1. The highest BCUT2D eigenvalue weighted by Gasteiger charge is 2.09. The number of hydrogen-bond acceptors (Lipinski definition) is 4. The summed E-state index contributed by atoms with van der Waals surface area (Å²) in [5, 5.41) is 2.75. The molecule has 17 heavy (non-hydrogen) atoms. The third kappa shape index (κ3) is 4.30. The van der Waals surface area contributed by atoms with Gasteiger partial charge >= 0.3 is 0 Å². The summed E-state index contributed by atoms with van der Waals surface area (Å²) >= 11 is 3.34. The Morgan fingerprint density at radius 3 is 2.76 bits per heavy atom. The minimum Gasteiger partial charge on any atom is -0.355 e. The van der Waals surface area contributed by atoms with Crippen LogP contribution in [-0.4, -0.2) is 36.0 Å². The summed E-state index contributed by atoms with van der Waals surface area (Å²) in [6, 6.07) is 1.80. The minimum atomic E-state index is -0.0113. The summed E-state index contributed by atoms with van der Waals surface area (Å²) in [5.41, 5.74) is 0. The van der Waals surface area contributed by atoms with Crippen LogP contribution in [0.5, 0.6) is 0 Å². The van der Waals surface area contributed by atoms with Gasteiger partial charge in [-0.05, 0) is 22.9 Å². The van der Waals surface area contributed by atoms with Gasteiger partial charge in [0, 0.05) is 26.1 Å². The molecular formula is C11H17BrN4O. The van der Waals surface area contributed by atoms with Gasteiger partial charge in [-0.15, -0.1) is 0 Å². The van der Waals surface area contributed by atoms with E-state index in [0.29, 0.717) is 13.1 Å². The number of carbonyl (C=O) groups excluding carboxylic acids is 1. The molecule has 0 unspecified atom stereocenters. The molecule has 0 fully saturated rings. The molecule has 0 aliphatic rings. The fraction of sp³-hybridized carbons (Fsp3) is 0.545. The largest absolute Gasteiger partial charge is 0.355 e. The smallest absolute Gasteiger partial charge is 0.239 e. The Morgan fingerprint density at radius 2 is 2.18 bits per heavy atom. The van der Waals surface area contributed by atoms with Crippen molar-refractivity contribution in [2.24, 2.45) is 0 Å². The second-order valence-corrected chi connectivity index (χ2v) is 4.44. The van der Waals surface area contributed by atoms with Gasteiger partial charge in [-0.1, -0.05) is 6.92 Å².